The Kier molecular flexibility index (Phi) is 9.92. The number of nitrogens with zero attached hydrogens (tertiary/aromatic N) is 4. The summed E-state index contributed by atoms with van der Waals surface area (Å²) in [6.45, 7) is 3.26. The summed E-state index contributed by atoms with van der Waals surface area (Å²) in [5, 5.41) is 10.1. The Morgan fingerprint density at radius 3 is 2.32 bits per heavy atom. The van der Waals surface area contributed by atoms with Gasteiger partial charge in [-0.25, -0.2) is 31.9 Å². The van der Waals surface area contributed by atoms with Crippen molar-refractivity contribution in [2.75, 3.05) is 19.7 Å². The van der Waals surface area contributed by atoms with E-state index in [0.29, 0.717) is 21.8 Å². The van der Waals surface area contributed by atoms with Gasteiger partial charge in [-0.05, 0) is 82.6 Å². The number of alkyl carbamates (subject to hydrolysis) is 1. The fourth-order valence-electron chi connectivity index (χ4n) is 6.50. The maximum Gasteiger partial charge on any atom is 0.408 e. The highest BCUT2D eigenvalue weighted by Gasteiger charge is 2.43. The normalized spacial score (nSPS) is 19.7. The molecule has 3 aliphatic rings. The monoisotopic (exact) mass is 702 g/mol. The summed E-state index contributed by atoms with van der Waals surface area (Å²) in [7, 11) is 0. The molecule has 3 amide bonds. The van der Waals surface area contributed by atoms with Crippen LogP contribution in [-0.4, -0.2) is 80.7 Å². The van der Waals surface area contributed by atoms with Gasteiger partial charge in [0, 0.05) is 12.8 Å². The Morgan fingerprint density at radius 1 is 1.06 bits per heavy atom. The van der Waals surface area contributed by atoms with E-state index in [1.165, 1.54) is 22.8 Å². The van der Waals surface area contributed by atoms with Gasteiger partial charge in [0.1, 0.15) is 5.60 Å². The second kappa shape index (κ2) is 13.9. The lowest BCUT2D eigenvalue weighted by Crippen LogP contribution is -2.47. The second-order valence-electron chi connectivity index (χ2n) is 14.5. The van der Waals surface area contributed by atoms with Crippen LogP contribution in [0.15, 0.2) is 42.7 Å². The Balaban J connectivity index is 1.20. The maximum absolute atomic E-state index is 15.4. The molecule has 2 aliphatic carbocycles. The molecule has 0 saturated heterocycles. The first-order chi connectivity index (χ1) is 23.6. The first-order valence-electron chi connectivity index (χ1n) is 17.0. The van der Waals surface area contributed by atoms with Crippen LogP contribution < -0.4 is 10.6 Å². The highest BCUT2D eigenvalue weighted by Crippen LogP contribution is 2.41. The number of alkyl halides is 4. The van der Waals surface area contributed by atoms with Gasteiger partial charge in [0.15, 0.2) is 5.65 Å². The number of hydrogen-bond acceptors (Lipinski definition) is 8. The first-order valence-corrected chi connectivity index (χ1v) is 17.0. The fourth-order valence-corrected chi connectivity index (χ4v) is 6.50. The number of carbonyl (C=O) groups is 3. The minimum atomic E-state index is -3.47. The van der Waals surface area contributed by atoms with E-state index in [9.17, 15) is 23.2 Å². The van der Waals surface area contributed by atoms with Gasteiger partial charge in [-0.1, -0.05) is 12.1 Å². The third kappa shape index (κ3) is 8.26. The van der Waals surface area contributed by atoms with Gasteiger partial charge in [0.2, 0.25) is 5.92 Å². The number of imidazole rings is 1. The van der Waals surface area contributed by atoms with Crippen LogP contribution in [-0.2, 0) is 9.47 Å². The molecule has 270 valence electrons. The number of hydrogen-bond donors (Lipinski definition) is 2. The smallest absolute Gasteiger partial charge is 0.408 e. The first kappa shape index (κ1) is 35.7. The molecule has 0 radical (unpaired) electrons. The highest BCUT2D eigenvalue weighted by molar-refractivity contribution is 6.21. The minimum absolute atomic E-state index is 0.00966. The molecule has 2 N–H and O–H groups in total. The number of imide groups is 1. The number of amides is 3. The molecule has 1 aromatic carbocycles. The SMILES string of the molecule is CC(C)(C)OC(=O)N[C@H](c1cn2ncc([C@@H](COC3CCC3)NCC(F)(F)CN3C(=O)c4ccccc4C3=O)cc2n1)C1CCC(F)(F)CC1. The molecule has 2 atom stereocenters. The summed E-state index contributed by atoms with van der Waals surface area (Å²) < 4.78 is 71.8. The van der Waals surface area contributed by atoms with Crippen molar-refractivity contribution in [3.8, 4) is 0 Å². The molecule has 3 aromatic rings. The van der Waals surface area contributed by atoms with Gasteiger partial charge in [-0.2, -0.15) is 5.10 Å². The predicted molar refractivity (Wildman–Crippen MR) is 173 cm³/mol. The van der Waals surface area contributed by atoms with Crippen LogP contribution >= 0.6 is 0 Å². The summed E-state index contributed by atoms with van der Waals surface area (Å²) >= 11 is 0. The molecule has 2 fully saturated rings. The molecule has 0 spiro atoms. The van der Waals surface area contributed by atoms with Gasteiger partial charge in [0.25, 0.3) is 17.7 Å². The van der Waals surface area contributed by atoms with Crippen molar-refractivity contribution in [1.29, 1.82) is 0 Å². The largest absolute Gasteiger partial charge is 0.444 e. The zero-order valence-electron chi connectivity index (χ0n) is 28.3. The van der Waals surface area contributed by atoms with Crippen molar-refractivity contribution in [2.24, 2.45) is 5.92 Å². The Hall–Kier alpha value is -4.11. The Bertz CT molecular complexity index is 1690. The highest BCUT2D eigenvalue weighted by atomic mass is 19.3. The van der Waals surface area contributed by atoms with E-state index in [4.69, 9.17) is 14.5 Å². The van der Waals surface area contributed by atoms with Crippen LogP contribution in [0, 0.1) is 5.92 Å². The van der Waals surface area contributed by atoms with Crippen LogP contribution in [0.4, 0.5) is 22.4 Å². The second-order valence-corrected chi connectivity index (χ2v) is 14.5. The van der Waals surface area contributed by atoms with E-state index >= 15 is 8.78 Å². The Labute approximate surface area is 287 Å². The zero-order valence-corrected chi connectivity index (χ0v) is 28.3. The molecule has 11 nitrogen and oxygen atoms in total. The van der Waals surface area contributed by atoms with E-state index in [-0.39, 0.29) is 55.4 Å². The van der Waals surface area contributed by atoms with E-state index in [2.05, 4.69) is 15.7 Å². The zero-order chi connectivity index (χ0) is 35.8. The van der Waals surface area contributed by atoms with E-state index in [1.807, 2.05) is 0 Å². The molecule has 15 heteroatoms. The van der Waals surface area contributed by atoms with E-state index in [1.54, 1.807) is 45.2 Å². The summed E-state index contributed by atoms with van der Waals surface area (Å²) in [6, 6.07) is 6.20. The number of rotatable bonds is 12. The van der Waals surface area contributed by atoms with Gasteiger partial charge in [-0.3, -0.25) is 14.5 Å². The lowest BCUT2D eigenvalue weighted by atomic mass is 9.81. The average molecular weight is 703 g/mol. The Morgan fingerprint density at radius 2 is 1.72 bits per heavy atom. The minimum Gasteiger partial charge on any atom is -0.444 e. The van der Waals surface area contributed by atoms with Crippen molar-refractivity contribution in [1.82, 2.24) is 30.1 Å². The molecule has 2 aromatic heterocycles. The lowest BCUT2D eigenvalue weighted by Gasteiger charge is -2.33. The number of carbonyl (C=O) groups excluding carboxylic acids is 3. The quantitative estimate of drug-likeness (QED) is 0.168. The standard InChI is InChI=1S/C35H42F4N6O5/c1-33(2,3)50-32(48)43-29(21-11-13-34(36,37)14-12-21)26-17-45-28(42-26)15-22(16-41-45)27(18-49-23-7-6-8-23)40-19-35(38,39)20-44-30(46)24-9-4-5-10-25(24)31(44)47/h4-5,9-10,15-17,21,23,27,29,40H,6-8,11-14,18-20H2,1-3H3,(H,43,48)/t27-,29+/m1/s1. The van der Waals surface area contributed by atoms with Crippen LogP contribution in [0.2, 0.25) is 0 Å². The fraction of sp³-hybridized carbons (Fsp3) is 0.571. The topological polar surface area (TPSA) is 127 Å². The van der Waals surface area contributed by atoms with E-state index < -0.39 is 60.5 Å². The number of ether oxygens (including phenoxy) is 2. The predicted octanol–water partition coefficient (Wildman–Crippen LogP) is 6.25. The number of aromatic nitrogens is 3. The molecule has 1 aliphatic heterocycles. The van der Waals surface area contributed by atoms with E-state index in [0.717, 1.165) is 19.3 Å². The van der Waals surface area contributed by atoms with Crippen molar-refractivity contribution < 1.29 is 41.4 Å². The summed E-state index contributed by atoms with van der Waals surface area (Å²) in [6.07, 6.45) is 4.86. The molecule has 50 heavy (non-hydrogen) atoms. The van der Waals surface area contributed by atoms with Crippen molar-refractivity contribution in [2.45, 2.75) is 101 Å². The van der Waals surface area contributed by atoms with Crippen molar-refractivity contribution in [3.05, 3.63) is 65.1 Å². The van der Waals surface area contributed by atoms with Gasteiger partial charge in [-0.15, -0.1) is 0 Å². The van der Waals surface area contributed by atoms with Crippen LogP contribution in [0.1, 0.15) is 110 Å². The van der Waals surface area contributed by atoms with Gasteiger partial charge >= 0.3 is 6.09 Å². The summed E-state index contributed by atoms with van der Waals surface area (Å²) in [5.41, 5.74) is 0.655. The number of fused-ring (bicyclic) bond motifs is 2. The van der Waals surface area contributed by atoms with Crippen LogP contribution in [0.25, 0.3) is 5.65 Å². The molecule has 2 saturated carbocycles. The summed E-state index contributed by atoms with van der Waals surface area (Å²) in [5.74, 6) is -8.10. The third-order valence-electron chi connectivity index (χ3n) is 9.41. The van der Waals surface area contributed by atoms with Crippen LogP contribution in [0.5, 0.6) is 0 Å². The molecular formula is C35H42F4N6O5. The van der Waals surface area contributed by atoms with Gasteiger partial charge in [0.05, 0.1) is 67.1 Å². The molecule has 0 unspecified atom stereocenters. The summed E-state index contributed by atoms with van der Waals surface area (Å²) in [4.78, 5) is 43.6. The number of nitrogens with one attached hydrogen (secondary N) is 2. The average Bonchev–Trinajstić information content (AvgIpc) is 3.54. The molecule has 0 bridgehead atoms. The number of halogens is 4. The third-order valence-corrected chi connectivity index (χ3v) is 9.41. The lowest BCUT2D eigenvalue weighted by molar-refractivity contribution is -0.0500. The maximum atomic E-state index is 15.4. The molecular weight excluding hydrogens is 660 g/mol. The van der Waals surface area contributed by atoms with Crippen LogP contribution in [0.3, 0.4) is 0 Å². The molecule has 6 rings (SSSR count). The number of benzene rings is 1. The van der Waals surface area contributed by atoms with Crippen molar-refractivity contribution in [3.63, 3.8) is 0 Å². The van der Waals surface area contributed by atoms with Gasteiger partial charge < -0.3 is 20.1 Å². The molecule has 3 heterocycles. The van der Waals surface area contributed by atoms with Crippen molar-refractivity contribution >= 4 is 23.6 Å².